The van der Waals surface area contributed by atoms with E-state index >= 15 is 0 Å². The molecule has 1 fully saturated rings. The molecule has 1 saturated heterocycles. The van der Waals surface area contributed by atoms with E-state index < -0.39 is 0 Å². The molecular weight excluding hydrogens is 440 g/mol. The SMILES string of the molecule is CSC1C=c2c(c3ncc(-c4ccnn4C)cc3n2[C@H](c2ccccc2)C2CCOCC2)=CC1. The number of ether oxygens (including phenoxy) is 1. The van der Waals surface area contributed by atoms with Crippen LogP contribution < -0.4 is 10.6 Å². The van der Waals surface area contributed by atoms with Crippen LogP contribution in [0.2, 0.25) is 0 Å². The Labute approximate surface area is 204 Å². The summed E-state index contributed by atoms with van der Waals surface area (Å²) in [5.41, 5.74) is 5.85. The molecule has 1 aromatic carbocycles. The molecule has 0 bridgehead atoms. The number of benzene rings is 1. The first-order valence-corrected chi connectivity index (χ1v) is 13.4. The highest BCUT2D eigenvalue weighted by Crippen LogP contribution is 2.35. The highest BCUT2D eigenvalue weighted by molar-refractivity contribution is 7.99. The summed E-state index contributed by atoms with van der Waals surface area (Å²) < 4.78 is 10.3. The summed E-state index contributed by atoms with van der Waals surface area (Å²) in [5, 5.41) is 7.47. The Hall–Kier alpha value is -2.83. The summed E-state index contributed by atoms with van der Waals surface area (Å²) in [6.45, 7) is 1.66. The standard InChI is InChI=1S/C28H30N4OS/c1-31-24(10-13-30-31)21-16-26-27(29-18-21)23-9-8-22(34-2)17-25(23)32(26)28(19-6-4-3-5-7-19)20-11-14-33-15-12-20/h3-7,9-10,13,16-18,20,22,28H,8,11-12,14-15H2,1-2H3/t22?,28-/m1/s1. The Balaban J connectivity index is 1.66. The Morgan fingerprint density at radius 2 is 1.94 bits per heavy atom. The largest absolute Gasteiger partial charge is 0.381 e. The van der Waals surface area contributed by atoms with E-state index in [4.69, 9.17) is 9.72 Å². The van der Waals surface area contributed by atoms with Gasteiger partial charge in [-0.3, -0.25) is 9.67 Å². The van der Waals surface area contributed by atoms with Gasteiger partial charge in [-0.15, -0.1) is 0 Å². The van der Waals surface area contributed by atoms with Crippen molar-refractivity contribution in [2.75, 3.05) is 19.5 Å². The Bertz CT molecular complexity index is 1430. The van der Waals surface area contributed by atoms with Crippen LogP contribution in [0, 0.1) is 5.92 Å². The van der Waals surface area contributed by atoms with E-state index in [9.17, 15) is 0 Å². The monoisotopic (exact) mass is 470 g/mol. The number of fused-ring (bicyclic) bond motifs is 3. The van der Waals surface area contributed by atoms with Gasteiger partial charge in [0.2, 0.25) is 0 Å². The van der Waals surface area contributed by atoms with Gasteiger partial charge in [-0.1, -0.05) is 36.4 Å². The van der Waals surface area contributed by atoms with Crippen LogP contribution in [0.4, 0.5) is 0 Å². The van der Waals surface area contributed by atoms with Crippen LogP contribution in [0.25, 0.3) is 34.4 Å². The van der Waals surface area contributed by atoms with E-state index in [-0.39, 0.29) is 6.04 Å². The molecule has 34 heavy (non-hydrogen) atoms. The van der Waals surface area contributed by atoms with Gasteiger partial charge in [-0.2, -0.15) is 16.9 Å². The molecule has 0 amide bonds. The van der Waals surface area contributed by atoms with Crippen LogP contribution in [0.15, 0.2) is 54.9 Å². The third-order valence-electron chi connectivity index (χ3n) is 7.37. The smallest absolute Gasteiger partial charge is 0.0957 e. The second-order valence-corrected chi connectivity index (χ2v) is 10.4. The van der Waals surface area contributed by atoms with Crippen LogP contribution in [0.5, 0.6) is 0 Å². The number of rotatable bonds is 5. The predicted molar refractivity (Wildman–Crippen MR) is 140 cm³/mol. The molecule has 6 heteroatoms. The van der Waals surface area contributed by atoms with E-state index in [2.05, 4.69) is 70.5 Å². The maximum absolute atomic E-state index is 5.77. The van der Waals surface area contributed by atoms with Gasteiger partial charge < -0.3 is 9.30 Å². The molecule has 6 rings (SSSR count). The lowest BCUT2D eigenvalue weighted by Gasteiger charge is -2.33. The summed E-state index contributed by atoms with van der Waals surface area (Å²) in [6, 6.07) is 15.6. The van der Waals surface area contributed by atoms with Gasteiger partial charge in [0.25, 0.3) is 0 Å². The zero-order valence-electron chi connectivity index (χ0n) is 19.7. The molecule has 1 aliphatic carbocycles. The molecule has 5 nitrogen and oxygen atoms in total. The van der Waals surface area contributed by atoms with Gasteiger partial charge >= 0.3 is 0 Å². The molecule has 1 unspecified atom stereocenters. The first-order valence-electron chi connectivity index (χ1n) is 12.1. The van der Waals surface area contributed by atoms with E-state index in [1.165, 1.54) is 21.6 Å². The van der Waals surface area contributed by atoms with Crippen LogP contribution in [-0.4, -0.2) is 44.1 Å². The van der Waals surface area contributed by atoms with Crippen molar-refractivity contribution in [3.63, 3.8) is 0 Å². The van der Waals surface area contributed by atoms with Gasteiger partial charge in [-0.25, -0.2) is 0 Å². The van der Waals surface area contributed by atoms with Gasteiger partial charge in [-0.05, 0) is 55.2 Å². The molecular formula is C28H30N4OS. The summed E-state index contributed by atoms with van der Waals surface area (Å²) in [5.74, 6) is 0.513. The summed E-state index contributed by atoms with van der Waals surface area (Å²) >= 11 is 1.92. The lowest BCUT2D eigenvalue weighted by atomic mass is 9.86. The molecule has 1 aliphatic heterocycles. The zero-order valence-corrected chi connectivity index (χ0v) is 20.5. The van der Waals surface area contributed by atoms with Crippen LogP contribution in [0.1, 0.15) is 30.9 Å². The van der Waals surface area contributed by atoms with Gasteiger partial charge in [0.1, 0.15) is 0 Å². The normalized spacial score (nSPS) is 19.4. The third-order valence-corrected chi connectivity index (χ3v) is 8.30. The van der Waals surface area contributed by atoms with Gasteiger partial charge in [0.15, 0.2) is 0 Å². The summed E-state index contributed by atoms with van der Waals surface area (Å²) in [6.07, 6.45) is 14.1. The van der Waals surface area contributed by atoms with Crippen molar-refractivity contribution in [2.45, 2.75) is 30.6 Å². The fourth-order valence-corrected chi connectivity index (χ4v) is 6.20. The fraction of sp³-hybridized carbons (Fsp3) is 0.357. The average Bonchev–Trinajstić information content (AvgIpc) is 3.46. The van der Waals surface area contributed by atoms with Crippen LogP contribution in [0.3, 0.4) is 0 Å². The Morgan fingerprint density at radius 3 is 2.68 bits per heavy atom. The maximum atomic E-state index is 5.77. The Morgan fingerprint density at radius 1 is 1.12 bits per heavy atom. The number of nitrogens with zero attached hydrogens (tertiary/aromatic N) is 4. The molecule has 3 aromatic heterocycles. The zero-order chi connectivity index (χ0) is 23.1. The molecule has 2 atom stereocenters. The highest BCUT2D eigenvalue weighted by Gasteiger charge is 2.30. The van der Waals surface area contributed by atoms with Crippen molar-refractivity contribution < 1.29 is 4.74 Å². The number of thioether (sulfide) groups is 1. The second kappa shape index (κ2) is 9.08. The van der Waals surface area contributed by atoms with E-state index in [0.717, 1.165) is 49.3 Å². The fourth-order valence-electron chi connectivity index (χ4n) is 5.65. The number of aromatic nitrogens is 4. The lowest BCUT2D eigenvalue weighted by Crippen LogP contribution is -2.39. The predicted octanol–water partition coefficient (Wildman–Crippen LogP) is 4.15. The summed E-state index contributed by atoms with van der Waals surface area (Å²) in [4.78, 5) is 5.04. The van der Waals surface area contributed by atoms with Crippen molar-refractivity contribution in [3.05, 3.63) is 71.0 Å². The minimum Gasteiger partial charge on any atom is -0.381 e. The molecule has 174 valence electrons. The van der Waals surface area contributed by atoms with Crippen LogP contribution >= 0.6 is 11.8 Å². The van der Waals surface area contributed by atoms with E-state index in [0.29, 0.717) is 11.2 Å². The lowest BCUT2D eigenvalue weighted by molar-refractivity contribution is 0.0545. The third kappa shape index (κ3) is 3.69. The second-order valence-electron chi connectivity index (χ2n) is 9.29. The molecule has 0 N–H and O–H groups in total. The van der Waals surface area contributed by atoms with Crippen molar-refractivity contribution in [1.29, 1.82) is 0 Å². The molecule has 0 radical (unpaired) electrons. The topological polar surface area (TPSA) is 44.9 Å². The molecule has 4 aromatic rings. The van der Waals surface area contributed by atoms with Crippen molar-refractivity contribution in [2.24, 2.45) is 13.0 Å². The average molecular weight is 471 g/mol. The van der Waals surface area contributed by atoms with E-state index in [1.807, 2.05) is 35.9 Å². The van der Waals surface area contributed by atoms with Gasteiger partial charge in [0.05, 0.1) is 22.8 Å². The van der Waals surface area contributed by atoms with Crippen LogP contribution in [-0.2, 0) is 11.8 Å². The minimum atomic E-state index is 0.241. The Kier molecular flexibility index (Phi) is 5.79. The van der Waals surface area contributed by atoms with Crippen molar-refractivity contribution in [3.8, 4) is 11.3 Å². The number of pyridine rings is 1. The van der Waals surface area contributed by atoms with Crippen molar-refractivity contribution >= 4 is 34.9 Å². The highest BCUT2D eigenvalue weighted by atomic mass is 32.2. The number of hydrogen-bond donors (Lipinski definition) is 0. The van der Waals surface area contributed by atoms with Gasteiger partial charge in [0, 0.05) is 54.0 Å². The maximum Gasteiger partial charge on any atom is 0.0957 e. The molecule has 0 saturated carbocycles. The van der Waals surface area contributed by atoms with Crippen molar-refractivity contribution in [1.82, 2.24) is 19.3 Å². The first kappa shape index (κ1) is 21.7. The van der Waals surface area contributed by atoms with E-state index in [1.54, 1.807) is 0 Å². The minimum absolute atomic E-state index is 0.241. The molecule has 0 spiro atoms. The quantitative estimate of drug-likeness (QED) is 0.440. The first-order chi connectivity index (χ1) is 16.7. The molecule has 2 aliphatic rings. The summed E-state index contributed by atoms with van der Waals surface area (Å²) in [7, 11) is 1.99. The number of hydrogen-bond acceptors (Lipinski definition) is 4. The number of aryl methyl sites for hydroxylation is 1. The molecule has 4 heterocycles.